The standard InChI is InChI=1S/C10H22N2O/c1-8(2)10(7-13)12-9-3-5-11-6-4-9/h8-13H,3-7H2,1-2H3/t10-/m1/s1. The van der Waals surface area contributed by atoms with E-state index in [0.717, 1.165) is 13.1 Å². The third kappa shape index (κ3) is 3.63. The monoisotopic (exact) mass is 186 g/mol. The van der Waals surface area contributed by atoms with Gasteiger partial charge in [-0.2, -0.15) is 0 Å². The molecule has 0 spiro atoms. The van der Waals surface area contributed by atoms with Crippen molar-refractivity contribution < 1.29 is 5.11 Å². The maximum absolute atomic E-state index is 9.15. The van der Waals surface area contributed by atoms with Gasteiger partial charge in [0.2, 0.25) is 0 Å². The Balaban J connectivity index is 2.27. The topological polar surface area (TPSA) is 44.3 Å². The van der Waals surface area contributed by atoms with E-state index in [-0.39, 0.29) is 12.6 Å². The highest BCUT2D eigenvalue weighted by atomic mass is 16.3. The number of hydrogen-bond acceptors (Lipinski definition) is 3. The molecular weight excluding hydrogens is 164 g/mol. The summed E-state index contributed by atoms with van der Waals surface area (Å²) in [7, 11) is 0. The first-order valence-electron chi connectivity index (χ1n) is 5.31. The summed E-state index contributed by atoms with van der Waals surface area (Å²) in [5, 5.41) is 16.0. The molecule has 0 aliphatic carbocycles. The van der Waals surface area contributed by atoms with E-state index in [4.69, 9.17) is 5.11 Å². The first-order chi connectivity index (χ1) is 6.24. The molecule has 0 aromatic rings. The van der Waals surface area contributed by atoms with Gasteiger partial charge in [-0.25, -0.2) is 0 Å². The van der Waals surface area contributed by atoms with Crippen molar-refractivity contribution in [2.45, 2.75) is 38.8 Å². The van der Waals surface area contributed by atoms with Crippen LogP contribution in [0.5, 0.6) is 0 Å². The molecule has 3 heteroatoms. The van der Waals surface area contributed by atoms with Gasteiger partial charge >= 0.3 is 0 Å². The van der Waals surface area contributed by atoms with Gasteiger partial charge in [-0.15, -0.1) is 0 Å². The van der Waals surface area contributed by atoms with E-state index < -0.39 is 0 Å². The first kappa shape index (κ1) is 11.0. The normalized spacial score (nSPS) is 22.2. The molecule has 13 heavy (non-hydrogen) atoms. The molecule has 1 saturated heterocycles. The predicted molar refractivity (Wildman–Crippen MR) is 54.7 cm³/mol. The fraction of sp³-hybridized carbons (Fsp3) is 1.00. The lowest BCUT2D eigenvalue weighted by atomic mass is 10.0. The van der Waals surface area contributed by atoms with Crippen molar-refractivity contribution in [2.75, 3.05) is 19.7 Å². The second-order valence-corrected chi connectivity index (χ2v) is 4.22. The summed E-state index contributed by atoms with van der Waals surface area (Å²) < 4.78 is 0. The van der Waals surface area contributed by atoms with Crippen LogP contribution in [0.25, 0.3) is 0 Å². The zero-order valence-corrected chi connectivity index (χ0v) is 8.71. The molecule has 78 valence electrons. The third-order valence-electron chi connectivity index (χ3n) is 2.79. The number of nitrogens with one attached hydrogen (secondary N) is 2. The Kier molecular flexibility index (Phi) is 4.70. The molecule has 3 N–H and O–H groups in total. The zero-order valence-electron chi connectivity index (χ0n) is 8.71. The van der Waals surface area contributed by atoms with Gasteiger partial charge in [0.1, 0.15) is 0 Å². The molecule has 0 amide bonds. The quantitative estimate of drug-likeness (QED) is 0.593. The number of aliphatic hydroxyl groups is 1. The van der Waals surface area contributed by atoms with Gasteiger partial charge in [0.05, 0.1) is 6.61 Å². The minimum atomic E-state index is 0.252. The molecule has 0 radical (unpaired) electrons. The van der Waals surface area contributed by atoms with Gasteiger partial charge in [-0.3, -0.25) is 0 Å². The Morgan fingerprint density at radius 2 is 2.00 bits per heavy atom. The SMILES string of the molecule is CC(C)[C@@H](CO)NC1CCNCC1. The average molecular weight is 186 g/mol. The number of aliphatic hydroxyl groups excluding tert-OH is 1. The van der Waals surface area contributed by atoms with E-state index in [0.29, 0.717) is 12.0 Å². The summed E-state index contributed by atoms with van der Waals surface area (Å²) >= 11 is 0. The summed E-state index contributed by atoms with van der Waals surface area (Å²) in [5.74, 6) is 0.514. The molecule has 1 rings (SSSR count). The zero-order chi connectivity index (χ0) is 9.68. The van der Waals surface area contributed by atoms with Crippen LogP contribution in [0.2, 0.25) is 0 Å². The van der Waals surface area contributed by atoms with Gasteiger partial charge in [0.15, 0.2) is 0 Å². The fourth-order valence-corrected chi connectivity index (χ4v) is 1.75. The minimum absolute atomic E-state index is 0.252. The number of rotatable bonds is 4. The van der Waals surface area contributed by atoms with Crippen LogP contribution in [0.1, 0.15) is 26.7 Å². The van der Waals surface area contributed by atoms with Crippen LogP contribution in [0.4, 0.5) is 0 Å². The van der Waals surface area contributed by atoms with Crippen LogP contribution >= 0.6 is 0 Å². The molecule has 1 aliphatic rings. The Hall–Kier alpha value is -0.120. The maximum Gasteiger partial charge on any atom is 0.0587 e. The van der Waals surface area contributed by atoms with E-state index in [1.54, 1.807) is 0 Å². The van der Waals surface area contributed by atoms with Crippen LogP contribution in [-0.4, -0.2) is 36.9 Å². The summed E-state index contributed by atoms with van der Waals surface area (Å²) in [6, 6.07) is 0.865. The summed E-state index contributed by atoms with van der Waals surface area (Å²) in [6.45, 7) is 6.76. The van der Waals surface area contributed by atoms with E-state index in [1.165, 1.54) is 12.8 Å². The molecule has 3 nitrogen and oxygen atoms in total. The minimum Gasteiger partial charge on any atom is -0.395 e. The highest BCUT2D eigenvalue weighted by Gasteiger charge is 2.18. The third-order valence-corrected chi connectivity index (χ3v) is 2.79. The molecule has 1 aliphatic heterocycles. The molecule has 1 atom stereocenters. The average Bonchev–Trinajstić information content (AvgIpc) is 2.15. The van der Waals surface area contributed by atoms with Crippen molar-refractivity contribution in [3.05, 3.63) is 0 Å². The lowest BCUT2D eigenvalue weighted by molar-refractivity contribution is 0.190. The highest BCUT2D eigenvalue weighted by Crippen LogP contribution is 2.07. The summed E-state index contributed by atoms with van der Waals surface area (Å²) in [4.78, 5) is 0. The van der Waals surface area contributed by atoms with E-state index in [1.807, 2.05) is 0 Å². The lowest BCUT2D eigenvalue weighted by Crippen LogP contribution is -2.48. The van der Waals surface area contributed by atoms with E-state index in [2.05, 4.69) is 24.5 Å². The maximum atomic E-state index is 9.15. The molecule has 0 saturated carbocycles. The smallest absolute Gasteiger partial charge is 0.0587 e. The Morgan fingerprint density at radius 1 is 1.38 bits per heavy atom. The van der Waals surface area contributed by atoms with E-state index >= 15 is 0 Å². The van der Waals surface area contributed by atoms with Crippen molar-refractivity contribution in [3.63, 3.8) is 0 Å². The first-order valence-corrected chi connectivity index (χ1v) is 5.31. The van der Waals surface area contributed by atoms with Gasteiger partial charge in [-0.1, -0.05) is 13.8 Å². The molecule has 0 bridgehead atoms. The van der Waals surface area contributed by atoms with Crippen molar-refractivity contribution >= 4 is 0 Å². The summed E-state index contributed by atoms with van der Waals surface area (Å²) in [5.41, 5.74) is 0. The molecule has 1 heterocycles. The number of hydrogen-bond donors (Lipinski definition) is 3. The summed E-state index contributed by atoms with van der Waals surface area (Å²) in [6.07, 6.45) is 2.37. The lowest BCUT2D eigenvalue weighted by Gasteiger charge is -2.29. The van der Waals surface area contributed by atoms with Gasteiger partial charge in [0.25, 0.3) is 0 Å². The second-order valence-electron chi connectivity index (χ2n) is 4.22. The fourth-order valence-electron chi connectivity index (χ4n) is 1.75. The predicted octanol–water partition coefficient (Wildman–Crippen LogP) is 0.345. The largest absolute Gasteiger partial charge is 0.395 e. The molecule has 0 aromatic carbocycles. The van der Waals surface area contributed by atoms with Crippen LogP contribution in [0, 0.1) is 5.92 Å². The van der Waals surface area contributed by atoms with Gasteiger partial charge in [-0.05, 0) is 31.8 Å². The Labute approximate surface area is 80.9 Å². The van der Waals surface area contributed by atoms with Gasteiger partial charge in [0, 0.05) is 12.1 Å². The van der Waals surface area contributed by atoms with E-state index in [9.17, 15) is 0 Å². The van der Waals surface area contributed by atoms with Crippen LogP contribution in [0.3, 0.4) is 0 Å². The molecule has 0 aromatic heterocycles. The van der Waals surface area contributed by atoms with Crippen molar-refractivity contribution in [1.82, 2.24) is 10.6 Å². The Bertz CT molecular complexity index is 133. The van der Waals surface area contributed by atoms with Crippen molar-refractivity contribution in [3.8, 4) is 0 Å². The molecular formula is C10H22N2O. The van der Waals surface area contributed by atoms with Crippen LogP contribution < -0.4 is 10.6 Å². The van der Waals surface area contributed by atoms with Crippen molar-refractivity contribution in [1.29, 1.82) is 0 Å². The van der Waals surface area contributed by atoms with Crippen molar-refractivity contribution in [2.24, 2.45) is 5.92 Å². The van der Waals surface area contributed by atoms with Crippen LogP contribution in [0.15, 0.2) is 0 Å². The van der Waals surface area contributed by atoms with Crippen LogP contribution in [-0.2, 0) is 0 Å². The molecule has 0 unspecified atom stereocenters. The highest BCUT2D eigenvalue weighted by molar-refractivity contribution is 4.79. The van der Waals surface area contributed by atoms with Gasteiger partial charge < -0.3 is 15.7 Å². The number of piperidine rings is 1. The second kappa shape index (κ2) is 5.58. The Morgan fingerprint density at radius 3 is 2.46 bits per heavy atom. The molecule has 1 fully saturated rings.